The van der Waals surface area contributed by atoms with Gasteiger partial charge in [-0.25, -0.2) is 4.98 Å². The summed E-state index contributed by atoms with van der Waals surface area (Å²) in [6.07, 6.45) is 0.545. The van der Waals surface area contributed by atoms with Crippen LogP contribution in [0.5, 0.6) is 0 Å². The van der Waals surface area contributed by atoms with Crippen molar-refractivity contribution in [2.75, 3.05) is 6.61 Å². The summed E-state index contributed by atoms with van der Waals surface area (Å²) in [6.45, 7) is 1.71. The molecular formula is C18H15NO3. The van der Waals surface area contributed by atoms with Crippen molar-refractivity contribution in [1.82, 2.24) is 4.98 Å². The molecule has 0 unspecified atom stereocenters. The first kappa shape index (κ1) is 14.2. The summed E-state index contributed by atoms with van der Waals surface area (Å²) < 4.78 is 11.3. The minimum atomic E-state index is -0.182. The second kappa shape index (κ2) is 6.33. The maximum Gasteiger partial charge on any atom is 0.226 e. The predicted octanol–water partition coefficient (Wildman–Crippen LogP) is 3.18. The van der Waals surface area contributed by atoms with E-state index in [9.17, 15) is 0 Å². The molecule has 3 aromatic rings. The van der Waals surface area contributed by atoms with Crippen molar-refractivity contribution in [3.63, 3.8) is 0 Å². The zero-order valence-corrected chi connectivity index (χ0v) is 12.2. The van der Waals surface area contributed by atoms with E-state index in [4.69, 9.17) is 13.9 Å². The fraction of sp³-hybridized carbons (Fsp3) is 0.167. The molecule has 0 atom stereocenters. The Balaban J connectivity index is 1.81. The van der Waals surface area contributed by atoms with Crippen LogP contribution in [0.25, 0.3) is 11.5 Å². The zero-order chi connectivity index (χ0) is 15.4. The second-order valence-corrected chi connectivity index (χ2v) is 4.79. The molecule has 0 saturated carbocycles. The number of aromatic nitrogens is 1. The predicted molar refractivity (Wildman–Crippen MR) is 82.2 cm³/mol. The average Bonchev–Trinajstić information content (AvgIpc) is 3.14. The molecule has 3 rings (SSSR count). The molecule has 0 aliphatic carbocycles. The normalized spacial score (nSPS) is 10.3. The molecule has 2 aromatic heterocycles. The van der Waals surface area contributed by atoms with Gasteiger partial charge in [0.25, 0.3) is 0 Å². The third-order valence-electron chi connectivity index (χ3n) is 3.21. The van der Waals surface area contributed by atoms with E-state index < -0.39 is 0 Å². The van der Waals surface area contributed by atoms with Crippen LogP contribution in [-0.2, 0) is 6.42 Å². The van der Waals surface area contributed by atoms with Gasteiger partial charge in [-0.1, -0.05) is 24.1 Å². The minimum absolute atomic E-state index is 0.182. The molecule has 1 N–H and O–H groups in total. The van der Waals surface area contributed by atoms with Crippen LogP contribution in [0.4, 0.5) is 0 Å². The SMILES string of the molecule is Cc1oc(-c2ccccc2)nc1Cc1ccc(C#CCO)o1. The summed E-state index contributed by atoms with van der Waals surface area (Å²) in [7, 11) is 0. The third-order valence-corrected chi connectivity index (χ3v) is 3.21. The molecule has 0 spiro atoms. The van der Waals surface area contributed by atoms with Crippen LogP contribution in [0.1, 0.15) is 23.0 Å². The van der Waals surface area contributed by atoms with Crippen LogP contribution in [0.2, 0.25) is 0 Å². The number of oxazole rings is 1. The number of aliphatic hydroxyl groups is 1. The number of hydrogen-bond donors (Lipinski definition) is 1. The van der Waals surface area contributed by atoms with Crippen LogP contribution in [0.3, 0.4) is 0 Å². The minimum Gasteiger partial charge on any atom is -0.452 e. The van der Waals surface area contributed by atoms with Gasteiger partial charge in [-0.3, -0.25) is 0 Å². The maximum atomic E-state index is 8.68. The fourth-order valence-electron chi connectivity index (χ4n) is 2.13. The molecule has 0 amide bonds. The Kier molecular flexibility index (Phi) is 4.08. The summed E-state index contributed by atoms with van der Waals surface area (Å²) in [4.78, 5) is 4.54. The average molecular weight is 293 g/mol. The Hall–Kier alpha value is -2.77. The molecule has 0 saturated heterocycles. The van der Waals surface area contributed by atoms with Crippen LogP contribution < -0.4 is 0 Å². The number of aryl methyl sites for hydroxylation is 1. The Morgan fingerprint density at radius 3 is 2.68 bits per heavy atom. The van der Waals surface area contributed by atoms with E-state index in [1.807, 2.05) is 43.3 Å². The van der Waals surface area contributed by atoms with E-state index in [1.165, 1.54) is 0 Å². The smallest absolute Gasteiger partial charge is 0.226 e. The Labute approximate surface area is 128 Å². The lowest BCUT2D eigenvalue weighted by Gasteiger charge is -1.93. The molecule has 22 heavy (non-hydrogen) atoms. The number of rotatable bonds is 3. The molecule has 0 aliphatic heterocycles. The van der Waals surface area contributed by atoms with Crippen LogP contribution in [0, 0.1) is 18.8 Å². The highest BCUT2D eigenvalue weighted by atomic mass is 16.4. The first-order valence-electron chi connectivity index (χ1n) is 6.96. The molecule has 1 aromatic carbocycles. The molecule has 0 fully saturated rings. The fourth-order valence-corrected chi connectivity index (χ4v) is 2.13. The van der Waals surface area contributed by atoms with Gasteiger partial charge in [0.1, 0.15) is 18.1 Å². The van der Waals surface area contributed by atoms with Gasteiger partial charge in [0.05, 0.1) is 12.1 Å². The van der Waals surface area contributed by atoms with Crippen molar-refractivity contribution in [3.8, 4) is 23.3 Å². The highest BCUT2D eigenvalue weighted by molar-refractivity contribution is 5.53. The first-order valence-corrected chi connectivity index (χ1v) is 6.96. The standard InChI is InChI=1S/C18H15NO3/c1-13-17(12-16-10-9-15(22-16)8-5-11-20)19-18(21-13)14-6-3-2-4-7-14/h2-4,6-7,9-10,20H,11-12H2,1H3. The van der Waals surface area contributed by atoms with Crippen LogP contribution >= 0.6 is 0 Å². The number of benzene rings is 1. The van der Waals surface area contributed by atoms with Gasteiger partial charge in [-0.05, 0) is 37.1 Å². The lowest BCUT2D eigenvalue weighted by Crippen LogP contribution is -1.88. The number of hydrogen-bond acceptors (Lipinski definition) is 4. The van der Waals surface area contributed by atoms with Crippen LogP contribution in [0.15, 0.2) is 51.3 Å². The maximum absolute atomic E-state index is 8.68. The number of aliphatic hydroxyl groups excluding tert-OH is 1. The van der Waals surface area contributed by atoms with Crippen molar-refractivity contribution >= 4 is 0 Å². The monoisotopic (exact) mass is 293 g/mol. The van der Waals surface area contributed by atoms with Gasteiger partial charge in [0.2, 0.25) is 5.89 Å². The Morgan fingerprint density at radius 1 is 1.09 bits per heavy atom. The van der Waals surface area contributed by atoms with E-state index >= 15 is 0 Å². The molecule has 4 nitrogen and oxygen atoms in total. The largest absolute Gasteiger partial charge is 0.452 e. The highest BCUT2D eigenvalue weighted by Crippen LogP contribution is 2.23. The summed E-state index contributed by atoms with van der Waals surface area (Å²) in [5, 5.41) is 8.68. The van der Waals surface area contributed by atoms with Gasteiger partial charge in [-0.2, -0.15) is 0 Å². The Morgan fingerprint density at radius 2 is 1.91 bits per heavy atom. The van der Waals surface area contributed by atoms with Crippen molar-refractivity contribution < 1.29 is 13.9 Å². The van der Waals surface area contributed by atoms with Gasteiger partial charge in [0.15, 0.2) is 5.76 Å². The van der Waals surface area contributed by atoms with E-state index in [1.54, 1.807) is 6.07 Å². The van der Waals surface area contributed by atoms with Crippen LogP contribution in [-0.4, -0.2) is 16.7 Å². The summed E-state index contributed by atoms with van der Waals surface area (Å²) in [6, 6.07) is 13.4. The highest BCUT2D eigenvalue weighted by Gasteiger charge is 2.13. The molecule has 2 heterocycles. The van der Waals surface area contributed by atoms with Gasteiger partial charge < -0.3 is 13.9 Å². The van der Waals surface area contributed by atoms with E-state index in [-0.39, 0.29) is 6.61 Å². The van der Waals surface area contributed by atoms with E-state index in [2.05, 4.69) is 16.8 Å². The zero-order valence-electron chi connectivity index (χ0n) is 12.2. The lowest BCUT2D eigenvalue weighted by atomic mass is 10.2. The second-order valence-electron chi connectivity index (χ2n) is 4.79. The van der Waals surface area contributed by atoms with Crippen molar-refractivity contribution in [2.24, 2.45) is 0 Å². The summed E-state index contributed by atoms with van der Waals surface area (Å²) >= 11 is 0. The molecule has 4 heteroatoms. The third kappa shape index (κ3) is 3.11. The van der Waals surface area contributed by atoms with Crippen molar-refractivity contribution in [2.45, 2.75) is 13.3 Å². The van der Waals surface area contributed by atoms with Gasteiger partial charge in [0, 0.05) is 5.56 Å². The van der Waals surface area contributed by atoms with E-state index in [0.29, 0.717) is 18.1 Å². The molecule has 0 bridgehead atoms. The molecule has 0 aliphatic rings. The number of furan rings is 1. The topological polar surface area (TPSA) is 59.4 Å². The molecular weight excluding hydrogens is 278 g/mol. The van der Waals surface area contributed by atoms with E-state index in [0.717, 1.165) is 22.8 Å². The van der Waals surface area contributed by atoms with Gasteiger partial charge in [-0.15, -0.1) is 0 Å². The molecule has 110 valence electrons. The van der Waals surface area contributed by atoms with Crippen molar-refractivity contribution in [3.05, 3.63) is 65.4 Å². The molecule has 0 radical (unpaired) electrons. The summed E-state index contributed by atoms with van der Waals surface area (Å²) in [5.74, 6) is 7.98. The lowest BCUT2D eigenvalue weighted by molar-refractivity contribution is 0.350. The summed E-state index contributed by atoms with van der Waals surface area (Å²) in [5.41, 5.74) is 1.79. The van der Waals surface area contributed by atoms with Crippen molar-refractivity contribution in [1.29, 1.82) is 0 Å². The van der Waals surface area contributed by atoms with Gasteiger partial charge >= 0.3 is 0 Å². The Bertz CT molecular complexity index is 819. The quantitative estimate of drug-likeness (QED) is 0.753. The first-order chi connectivity index (χ1) is 10.8. The number of nitrogens with zero attached hydrogens (tertiary/aromatic N) is 1.